The summed E-state index contributed by atoms with van der Waals surface area (Å²) in [5.41, 5.74) is -1.85. The molecule has 0 bridgehead atoms. The summed E-state index contributed by atoms with van der Waals surface area (Å²) in [5.74, 6) is -0.507. The Kier molecular flexibility index (Phi) is 2.82. The summed E-state index contributed by atoms with van der Waals surface area (Å²) in [6, 6.07) is 0. The van der Waals surface area contributed by atoms with Crippen LogP contribution in [-0.2, 0) is 19.1 Å². The van der Waals surface area contributed by atoms with Gasteiger partial charge in [-0.15, -0.1) is 0 Å². The fourth-order valence-electron chi connectivity index (χ4n) is 4.17. The van der Waals surface area contributed by atoms with Crippen LogP contribution in [0.25, 0.3) is 0 Å². The molecule has 0 aromatic heterocycles. The van der Waals surface area contributed by atoms with Crippen LogP contribution in [0.3, 0.4) is 0 Å². The van der Waals surface area contributed by atoms with E-state index in [1.54, 1.807) is 6.92 Å². The second-order valence-electron chi connectivity index (χ2n) is 7.14. The maximum Gasteiger partial charge on any atom is 0.313 e. The molecule has 0 spiro atoms. The van der Waals surface area contributed by atoms with Crippen LogP contribution in [-0.4, -0.2) is 25.7 Å². The van der Waals surface area contributed by atoms with E-state index in [0.29, 0.717) is 19.4 Å². The van der Waals surface area contributed by atoms with E-state index in [-0.39, 0.29) is 22.8 Å². The third kappa shape index (κ3) is 1.46. The first kappa shape index (κ1) is 14.4. The van der Waals surface area contributed by atoms with Crippen molar-refractivity contribution >= 4 is 11.9 Å². The summed E-state index contributed by atoms with van der Waals surface area (Å²) in [5, 5.41) is 0. The van der Waals surface area contributed by atoms with Gasteiger partial charge in [0, 0.05) is 0 Å². The average molecular weight is 268 g/mol. The molecular formula is C15H24O4. The van der Waals surface area contributed by atoms with Crippen LogP contribution in [0.2, 0.25) is 0 Å². The van der Waals surface area contributed by atoms with E-state index >= 15 is 0 Å². The summed E-state index contributed by atoms with van der Waals surface area (Å²) in [6.45, 7) is 10.3. The lowest BCUT2D eigenvalue weighted by atomic mass is 9.74. The number of ether oxygens (including phenoxy) is 2. The summed E-state index contributed by atoms with van der Waals surface area (Å²) < 4.78 is 10.3. The molecule has 0 aromatic carbocycles. The molecular weight excluding hydrogens is 244 g/mol. The monoisotopic (exact) mass is 268 g/mol. The molecule has 2 aliphatic carbocycles. The highest BCUT2D eigenvalue weighted by Gasteiger charge is 2.89. The van der Waals surface area contributed by atoms with E-state index in [0.717, 1.165) is 0 Å². The fraction of sp³-hybridized carbons (Fsp3) is 0.867. The van der Waals surface area contributed by atoms with Gasteiger partial charge in [-0.25, -0.2) is 0 Å². The predicted molar refractivity (Wildman–Crippen MR) is 70.3 cm³/mol. The average Bonchev–Trinajstić information content (AvgIpc) is 3.10. The zero-order valence-electron chi connectivity index (χ0n) is 12.8. The Hall–Kier alpha value is -1.06. The van der Waals surface area contributed by atoms with Gasteiger partial charge < -0.3 is 9.47 Å². The van der Waals surface area contributed by atoms with Gasteiger partial charge in [0.15, 0.2) is 0 Å². The van der Waals surface area contributed by atoms with Crippen molar-refractivity contribution in [1.82, 2.24) is 0 Å². The van der Waals surface area contributed by atoms with Crippen molar-refractivity contribution in [1.29, 1.82) is 0 Å². The molecule has 108 valence electrons. The van der Waals surface area contributed by atoms with Gasteiger partial charge in [0.2, 0.25) is 0 Å². The minimum Gasteiger partial charge on any atom is -0.469 e. The van der Waals surface area contributed by atoms with Crippen LogP contribution in [0.1, 0.15) is 47.5 Å². The van der Waals surface area contributed by atoms with Gasteiger partial charge in [0.1, 0.15) is 0 Å². The molecule has 2 saturated carbocycles. The van der Waals surface area contributed by atoms with Crippen LogP contribution in [0, 0.1) is 21.7 Å². The molecule has 2 atom stereocenters. The first-order valence-electron chi connectivity index (χ1n) is 6.88. The molecule has 2 rings (SSSR count). The molecule has 0 aliphatic heterocycles. The molecule has 0 N–H and O–H groups in total. The van der Waals surface area contributed by atoms with E-state index in [1.165, 1.54) is 7.11 Å². The molecule has 4 nitrogen and oxygen atoms in total. The zero-order valence-corrected chi connectivity index (χ0v) is 12.8. The van der Waals surface area contributed by atoms with Gasteiger partial charge in [-0.1, -0.05) is 27.7 Å². The molecule has 4 heteroatoms. The molecule has 2 unspecified atom stereocenters. The molecule has 19 heavy (non-hydrogen) atoms. The number of esters is 2. The summed E-state index contributed by atoms with van der Waals surface area (Å²) in [4.78, 5) is 24.9. The molecule has 0 aromatic rings. The molecule has 0 saturated heterocycles. The molecule has 2 fully saturated rings. The predicted octanol–water partition coefficient (Wildman–Crippen LogP) is 2.56. The first-order chi connectivity index (χ1) is 8.63. The summed E-state index contributed by atoms with van der Waals surface area (Å²) in [7, 11) is 1.40. The number of rotatable bonds is 4. The standard InChI is InChI=1S/C15H24O4/c1-7-19-11(17)15(9-13(15,4)5)14(10(16)18-6)8-12(14,2)3/h7-9H2,1-6H3. The van der Waals surface area contributed by atoms with Crippen LogP contribution in [0.15, 0.2) is 0 Å². The summed E-state index contributed by atoms with van der Waals surface area (Å²) >= 11 is 0. The van der Waals surface area contributed by atoms with Gasteiger partial charge in [-0.2, -0.15) is 0 Å². The van der Waals surface area contributed by atoms with Crippen molar-refractivity contribution in [3.63, 3.8) is 0 Å². The maximum atomic E-state index is 12.5. The van der Waals surface area contributed by atoms with Crippen molar-refractivity contribution in [3.05, 3.63) is 0 Å². The molecule has 0 radical (unpaired) electrons. The van der Waals surface area contributed by atoms with Gasteiger partial charge in [-0.05, 0) is 30.6 Å². The minimum absolute atomic E-state index is 0.207. The lowest BCUT2D eigenvalue weighted by Crippen LogP contribution is -2.41. The van der Waals surface area contributed by atoms with Crippen molar-refractivity contribution in [2.24, 2.45) is 21.7 Å². The smallest absolute Gasteiger partial charge is 0.313 e. The zero-order chi connectivity index (χ0) is 14.7. The number of hydrogen-bond donors (Lipinski definition) is 0. The van der Waals surface area contributed by atoms with E-state index < -0.39 is 10.8 Å². The lowest BCUT2D eigenvalue weighted by molar-refractivity contribution is -0.167. The van der Waals surface area contributed by atoms with E-state index in [1.807, 2.05) is 27.7 Å². The Morgan fingerprint density at radius 1 is 0.947 bits per heavy atom. The highest BCUT2D eigenvalue weighted by atomic mass is 16.5. The summed E-state index contributed by atoms with van der Waals surface area (Å²) in [6.07, 6.45) is 1.38. The molecule has 0 amide bonds. The Morgan fingerprint density at radius 2 is 1.32 bits per heavy atom. The third-order valence-electron chi connectivity index (χ3n) is 5.36. The van der Waals surface area contributed by atoms with Gasteiger partial charge >= 0.3 is 11.9 Å². The molecule has 2 aliphatic rings. The van der Waals surface area contributed by atoms with Crippen LogP contribution in [0.4, 0.5) is 0 Å². The van der Waals surface area contributed by atoms with Crippen LogP contribution >= 0.6 is 0 Å². The van der Waals surface area contributed by atoms with Crippen molar-refractivity contribution in [3.8, 4) is 0 Å². The second-order valence-corrected chi connectivity index (χ2v) is 7.14. The number of carbonyl (C=O) groups is 2. The number of hydrogen-bond acceptors (Lipinski definition) is 4. The Morgan fingerprint density at radius 3 is 1.58 bits per heavy atom. The van der Waals surface area contributed by atoms with Gasteiger partial charge in [0.05, 0.1) is 24.5 Å². The maximum absolute atomic E-state index is 12.5. The van der Waals surface area contributed by atoms with Crippen LogP contribution < -0.4 is 0 Å². The first-order valence-corrected chi connectivity index (χ1v) is 6.88. The highest BCUT2D eigenvalue weighted by molar-refractivity contribution is 5.95. The Balaban J connectivity index is 2.47. The largest absolute Gasteiger partial charge is 0.469 e. The fourth-order valence-corrected chi connectivity index (χ4v) is 4.17. The van der Waals surface area contributed by atoms with Gasteiger partial charge in [-0.3, -0.25) is 9.59 Å². The Bertz CT molecular complexity index is 437. The Labute approximate surface area is 114 Å². The topological polar surface area (TPSA) is 52.6 Å². The quantitative estimate of drug-likeness (QED) is 0.735. The third-order valence-corrected chi connectivity index (χ3v) is 5.36. The van der Waals surface area contributed by atoms with Crippen molar-refractivity contribution in [2.45, 2.75) is 47.5 Å². The normalized spacial score (nSPS) is 37.4. The highest BCUT2D eigenvalue weighted by Crippen LogP contribution is 2.85. The van der Waals surface area contributed by atoms with Crippen LogP contribution in [0.5, 0.6) is 0 Å². The van der Waals surface area contributed by atoms with Crippen molar-refractivity contribution in [2.75, 3.05) is 13.7 Å². The number of methoxy groups -OCH3 is 1. The van der Waals surface area contributed by atoms with Crippen molar-refractivity contribution < 1.29 is 19.1 Å². The van der Waals surface area contributed by atoms with E-state index in [9.17, 15) is 9.59 Å². The second kappa shape index (κ2) is 3.74. The SMILES string of the molecule is CCOC(=O)C1(C2(C(=O)OC)CC2(C)C)CC1(C)C. The minimum atomic E-state index is -0.718. The van der Waals surface area contributed by atoms with E-state index in [2.05, 4.69) is 0 Å². The number of carbonyl (C=O) groups excluding carboxylic acids is 2. The molecule has 0 heterocycles. The van der Waals surface area contributed by atoms with Gasteiger partial charge in [0.25, 0.3) is 0 Å². The lowest BCUT2D eigenvalue weighted by Gasteiger charge is -2.29. The van der Waals surface area contributed by atoms with E-state index in [4.69, 9.17) is 9.47 Å².